The van der Waals surface area contributed by atoms with Crippen LogP contribution in [-0.2, 0) is 32.2 Å². The van der Waals surface area contributed by atoms with Crippen molar-refractivity contribution in [2.75, 3.05) is 19.2 Å². The van der Waals surface area contributed by atoms with Crippen molar-refractivity contribution in [1.82, 2.24) is 10.2 Å². The molecule has 0 saturated carbocycles. The van der Waals surface area contributed by atoms with Crippen LogP contribution in [0.15, 0.2) is 48.5 Å². The fourth-order valence-electron chi connectivity index (χ4n) is 5.41. The number of nitrogens with zero attached hydrogens (tertiary/aromatic N) is 1. The van der Waals surface area contributed by atoms with Crippen molar-refractivity contribution >= 4 is 23.6 Å². The van der Waals surface area contributed by atoms with E-state index in [0.717, 1.165) is 0 Å². The van der Waals surface area contributed by atoms with Gasteiger partial charge in [-0.3, -0.25) is 9.69 Å². The van der Waals surface area contributed by atoms with Crippen molar-refractivity contribution in [3.63, 3.8) is 0 Å². The van der Waals surface area contributed by atoms with Crippen molar-refractivity contribution < 1.29 is 45.4 Å². The molecule has 3 atom stereocenters. The van der Waals surface area contributed by atoms with Crippen molar-refractivity contribution in [3.8, 4) is 0 Å². The average Bonchev–Trinajstić information content (AvgIpc) is 3.27. The summed E-state index contributed by atoms with van der Waals surface area (Å²) in [5.74, 6) is -0.159. The molecule has 2 aliphatic rings. The molecule has 0 aromatic heterocycles. The lowest BCUT2D eigenvalue weighted by Crippen LogP contribution is -2.65. The van der Waals surface area contributed by atoms with Gasteiger partial charge in [0.15, 0.2) is 6.07 Å². The van der Waals surface area contributed by atoms with Gasteiger partial charge in [0, 0.05) is 13.0 Å². The summed E-state index contributed by atoms with van der Waals surface area (Å²) in [4.78, 5) is 26.7. The molecular formula is C27H27ClF6N2O4. The summed E-state index contributed by atoms with van der Waals surface area (Å²) in [6, 6.07) is 9.55. The monoisotopic (exact) mass is 592 g/mol. The largest absolute Gasteiger partial charge is 0.433 e. The molecule has 218 valence electrons. The fraction of sp³-hybridized carbons (Fsp3) is 0.481. The summed E-state index contributed by atoms with van der Waals surface area (Å²) in [7, 11) is 0. The lowest BCUT2D eigenvalue weighted by Gasteiger charge is -2.52. The zero-order valence-corrected chi connectivity index (χ0v) is 22.1. The van der Waals surface area contributed by atoms with Crippen LogP contribution in [0.25, 0.3) is 0 Å². The first-order chi connectivity index (χ1) is 18.7. The highest BCUT2D eigenvalue weighted by Gasteiger charge is 2.54. The first kappa shape index (κ1) is 30.0. The zero-order chi connectivity index (χ0) is 29.3. The number of rotatable bonds is 6. The summed E-state index contributed by atoms with van der Waals surface area (Å²) in [5, 5.41) is 2.94. The summed E-state index contributed by atoms with van der Waals surface area (Å²) in [6.45, 7) is 1.11. The van der Waals surface area contributed by atoms with E-state index >= 15 is 0 Å². The standard InChI is InChI=1S/C27H27ClF6N2O4/c1-17(18-11-20(26(29,30)31)13-21(12-18)27(32,33)34)39-15-25(19-5-3-2-4-6-19)10-9-24(8-7-22(37)35-24)14-36(25)23(38)40-16-28/h2-6,11-13,17H,7-10,14-16H2,1H3,(H,35,37)/t17-,24-,25-/m1/s1. The summed E-state index contributed by atoms with van der Waals surface area (Å²) >= 11 is 5.69. The Morgan fingerprint density at radius 2 is 1.65 bits per heavy atom. The summed E-state index contributed by atoms with van der Waals surface area (Å²) in [6.07, 6.45) is -10.6. The van der Waals surface area contributed by atoms with Gasteiger partial charge >= 0.3 is 18.4 Å². The second-order valence-corrected chi connectivity index (χ2v) is 10.3. The van der Waals surface area contributed by atoms with Gasteiger partial charge in [-0.2, -0.15) is 26.3 Å². The molecule has 1 spiro atoms. The Morgan fingerprint density at radius 3 is 2.17 bits per heavy atom. The number of benzene rings is 2. The Bertz CT molecular complexity index is 1210. The third kappa shape index (κ3) is 6.17. The SMILES string of the molecule is C[C@@H](OC[C@@]1(c2ccccc2)CC[C@]2(CCC(=O)N2)CN1C(=O)OCCl)c1cc(C(F)(F)F)cc(C(F)(F)F)c1. The number of amides is 2. The van der Waals surface area contributed by atoms with Crippen LogP contribution in [0.3, 0.4) is 0 Å². The first-order valence-corrected chi connectivity index (χ1v) is 13.0. The maximum atomic E-state index is 13.4. The van der Waals surface area contributed by atoms with Crippen molar-refractivity contribution in [3.05, 3.63) is 70.8 Å². The van der Waals surface area contributed by atoms with Crippen LogP contribution >= 0.6 is 11.6 Å². The minimum absolute atomic E-state index is 0.0445. The molecule has 0 bridgehead atoms. The van der Waals surface area contributed by atoms with Crippen LogP contribution in [0.4, 0.5) is 31.1 Å². The lowest BCUT2D eigenvalue weighted by molar-refractivity contribution is -0.143. The highest BCUT2D eigenvalue weighted by atomic mass is 35.5. The van der Waals surface area contributed by atoms with E-state index in [-0.39, 0.29) is 43.5 Å². The molecule has 2 fully saturated rings. The van der Waals surface area contributed by atoms with Crippen LogP contribution in [0, 0.1) is 0 Å². The normalized spacial score (nSPS) is 24.2. The molecule has 2 saturated heterocycles. The van der Waals surface area contributed by atoms with E-state index in [1.54, 1.807) is 30.3 Å². The van der Waals surface area contributed by atoms with Crippen LogP contribution in [-0.4, -0.2) is 41.7 Å². The lowest BCUT2D eigenvalue weighted by atomic mass is 9.74. The van der Waals surface area contributed by atoms with E-state index in [9.17, 15) is 35.9 Å². The molecule has 2 heterocycles. The molecule has 4 rings (SSSR count). The molecule has 2 aromatic carbocycles. The van der Waals surface area contributed by atoms with Crippen molar-refractivity contribution in [2.24, 2.45) is 0 Å². The highest BCUT2D eigenvalue weighted by molar-refractivity contribution is 6.17. The zero-order valence-electron chi connectivity index (χ0n) is 21.4. The average molecular weight is 593 g/mol. The molecular weight excluding hydrogens is 566 g/mol. The smallest absolute Gasteiger partial charge is 0.416 e. The van der Waals surface area contributed by atoms with E-state index in [0.29, 0.717) is 30.5 Å². The van der Waals surface area contributed by atoms with Gasteiger partial charge in [0.2, 0.25) is 5.91 Å². The number of carbonyl (C=O) groups is 2. The third-order valence-electron chi connectivity index (χ3n) is 7.59. The fourth-order valence-corrected chi connectivity index (χ4v) is 5.51. The van der Waals surface area contributed by atoms with Gasteiger partial charge in [0.05, 0.1) is 34.9 Å². The summed E-state index contributed by atoms with van der Waals surface area (Å²) in [5.41, 5.74) is -4.53. The van der Waals surface area contributed by atoms with Crippen LogP contribution in [0.1, 0.15) is 61.0 Å². The van der Waals surface area contributed by atoms with E-state index in [1.807, 2.05) is 0 Å². The third-order valence-corrected chi connectivity index (χ3v) is 7.70. The molecule has 40 heavy (non-hydrogen) atoms. The Labute approximate surface area is 231 Å². The number of hydrogen-bond donors (Lipinski definition) is 1. The topological polar surface area (TPSA) is 67.9 Å². The Morgan fingerprint density at radius 1 is 1.02 bits per heavy atom. The molecule has 0 aliphatic carbocycles. The first-order valence-electron chi connectivity index (χ1n) is 12.5. The Balaban J connectivity index is 1.71. The van der Waals surface area contributed by atoms with Crippen molar-refractivity contribution in [1.29, 1.82) is 0 Å². The number of hydrogen-bond acceptors (Lipinski definition) is 4. The van der Waals surface area contributed by atoms with Gasteiger partial charge in [-0.25, -0.2) is 4.79 Å². The van der Waals surface area contributed by atoms with Crippen LogP contribution in [0.5, 0.6) is 0 Å². The van der Waals surface area contributed by atoms with Gasteiger partial charge in [-0.05, 0) is 55.5 Å². The second-order valence-electron chi connectivity index (χ2n) is 10.1. The number of halogens is 7. The predicted molar refractivity (Wildman–Crippen MR) is 132 cm³/mol. The number of ether oxygens (including phenoxy) is 2. The Hall–Kier alpha value is -2.99. The van der Waals surface area contributed by atoms with Crippen LogP contribution < -0.4 is 5.32 Å². The number of alkyl halides is 7. The highest BCUT2D eigenvalue weighted by Crippen LogP contribution is 2.45. The molecule has 13 heteroatoms. The summed E-state index contributed by atoms with van der Waals surface area (Å²) < 4.78 is 91.7. The Kier molecular flexibility index (Phi) is 8.33. The van der Waals surface area contributed by atoms with Crippen LogP contribution in [0.2, 0.25) is 0 Å². The number of piperidine rings is 1. The molecule has 2 amide bonds. The minimum Gasteiger partial charge on any atom is -0.433 e. The van der Waals surface area contributed by atoms with E-state index in [2.05, 4.69) is 5.32 Å². The molecule has 6 nitrogen and oxygen atoms in total. The van der Waals surface area contributed by atoms with Gasteiger partial charge in [0.25, 0.3) is 0 Å². The molecule has 0 unspecified atom stereocenters. The van der Waals surface area contributed by atoms with Crippen molar-refractivity contribution in [2.45, 2.75) is 62.1 Å². The van der Waals surface area contributed by atoms with Gasteiger partial charge in [0.1, 0.15) is 0 Å². The van der Waals surface area contributed by atoms with Gasteiger partial charge in [-0.15, -0.1) is 0 Å². The second kappa shape index (κ2) is 11.1. The van der Waals surface area contributed by atoms with E-state index in [1.165, 1.54) is 11.8 Å². The molecule has 1 N–H and O–H groups in total. The van der Waals surface area contributed by atoms with Gasteiger partial charge < -0.3 is 14.8 Å². The maximum absolute atomic E-state index is 13.4. The number of carbonyl (C=O) groups excluding carboxylic acids is 2. The van der Waals surface area contributed by atoms with E-state index in [4.69, 9.17) is 21.1 Å². The molecule has 0 radical (unpaired) electrons. The predicted octanol–water partition coefficient (Wildman–Crippen LogP) is 6.77. The minimum atomic E-state index is -5.01. The van der Waals surface area contributed by atoms with E-state index < -0.39 is 52.8 Å². The molecule has 2 aromatic rings. The number of nitrogens with one attached hydrogen (secondary N) is 1. The number of likely N-dealkylation sites (tertiary alicyclic amines) is 1. The van der Waals surface area contributed by atoms with Gasteiger partial charge in [-0.1, -0.05) is 41.9 Å². The quantitative estimate of drug-likeness (QED) is 0.297. The maximum Gasteiger partial charge on any atom is 0.416 e. The molecule has 2 aliphatic heterocycles.